The first-order valence-corrected chi connectivity index (χ1v) is 13.7. The van der Waals surface area contributed by atoms with Gasteiger partial charge in [0.05, 0.1) is 35.5 Å². The maximum Gasteiger partial charge on any atom is 0.224 e. The van der Waals surface area contributed by atoms with E-state index in [4.69, 9.17) is 9.98 Å². The number of nitrogens with zero attached hydrogens (tertiary/aromatic N) is 6. The third-order valence-corrected chi connectivity index (χ3v) is 7.27. The standard InChI is InChI=1S/C30H35N9O/c1-30(2,3)13-26(40)35-21-11-20(14-31-15-21)19-5-6-23-22(12-19)27(34-18-33-23)29-36-24-16-32-17-25(28(24)37-29)39-9-7-38(4)8-10-39/h5-6,11-12,14-17,33H,7-10,13,18H2,1-4H3,(H,35,40)(H,36,37). The van der Waals surface area contributed by atoms with Gasteiger partial charge >= 0.3 is 0 Å². The van der Waals surface area contributed by atoms with Crippen LogP contribution < -0.4 is 15.5 Å². The average Bonchev–Trinajstić information content (AvgIpc) is 3.36. The number of nitrogens with one attached hydrogen (secondary N) is 3. The fourth-order valence-electron chi connectivity index (χ4n) is 5.23. The predicted octanol–water partition coefficient (Wildman–Crippen LogP) is 4.37. The van der Waals surface area contributed by atoms with Gasteiger partial charge in [0.25, 0.3) is 0 Å². The van der Waals surface area contributed by atoms with Crippen LogP contribution in [-0.2, 0) is 4.79 Å². The number of hydrogen-bond acceptors (Lipinski definition) is 8. The Labute approximate surface area is 234 Å². The molecule has 4 aromatic rings. The number of benzene rings is 1. The lowest BCUT2D eigenvalue weighted by Crippen LogP contribution is -2.44. The lowest BCUT2D eigenvalue weighted by Gasteiger charge is -2.33. The normalized spacial score (nSPS) is 15.9. The minimum Gasteiger partial charge on any atom is -0.366 e. The highest BCUT2D eigenvalue weighted by Gasteiger charge is 2.23. The molecule has 6 rings (SSSR count). The second-order valence-electron chi connectivity index (χ2n) is 11.8. The first-order valence-electron chi connectivity index (χ1n) is 13.7. The van der Waals surface area contributed by atoms with Crippen molar-refractivity contribution in [2.75, 3.05) is 55.4 Å². The van der Waals surface area contributed by atoms with Crippen molar-refractivity contribution >= 4 is 39.7 Å². The van der Waals surface area contributed by atoms with E-state index < -0.39 is 0 Å². The number of imidazole rings is 1. The van der Waals surface area contributed by atoms with E-state index in [2.05, 4.69) is 60.6 Å². The molecule has 3 aromatic heterocycles. The summed E-state index contributed by atoms with van der Waals surface area (Å²) >= 11 is 0. The molecule has 0 saturated carbocycles. The first kappa shape index (κ1) is 25.9. The number of anilines is 3. The second kappa shape index (κ2) is 10.3. The molecule has 1 fully saturated rings. The molecule has 0 atom stereocenters. The van der Waals surface area contributed by atoms with Crippen LogP contribution in [0, 0.1) is 5.41 Å². The number of pyridine rings is 2. The Morgan fingerprint density at radius 3 is 2.60 bits per heavy atom. The molecule has 5 heterocycles. The van der Waals surface area contributed by atoms with Crippen molar-refractivity contribution in [2.45, 2.75) is 27.2 Å². The fourth-order valence-corrected chi connectivity index (χ4v) is 5.23. The highest BCUT2D eigenvalue weighted by Crippen LogP contribution is 2.32. The molecule has 2 aliphatic rings. The Morgan fingerprint density at radius 2 is 1.80 bits per heavy atom. The molecule has 0 spiro atoms. The van der Waals surface area contributed by atoms with Crippen molar-refractivity contribution in [3.05, 3.63) is 60.4 Å². The molecule has 3 N–H and O–H groups in total. The van der Waals surface area contributed by atoms with Gasteiger partial charge in [-0.05, 0) is 36.2 Å². The SMILES string of the molecule is CN1CCN(c2cncc3[nH]c(C4=NCNc5ccc(-c6cncc(NC(=O)CC(C)(C)C)c6)cc54)nc23)CC1. The number of H-pyrrole nitrogens is 1. The summed E-state index contributed by atoms with van der Waals surface area (Å²) in [6, 6.07) is 8.17. The number of aromatic amines is 1. The van der Waals surface area contributed by atoms with Crippen molar-refractivity contribution in [1.82, 2.24) is 24.8 Å². The van der Waals surface area contributed by atoms with Crippen molar-refractivity contribution in [3.8, 4) is 11.1 Å². The molecular weight excluding hydrogens is 502 g/mol. The number of hydrogen-bond donors (Lipinski definition) is 3. The number of aliphatic imine (C=N–C) groups is 1. The van der Waals surface area contributed by atoms with Crippen LogP contribution in [0.15, 0.2) is 54.0 Å². The van der Waals surface area contributed by atoms with Gasteiger partial charge in [-0.3, -0.25) is 19.8 Å². The van der Waals surface area contributed by atoms with Gasteiger partial charge in [-0.25, -0.2) is 4.98 Å². The maximum absolute atomic E-state index is 12.5. The number of aromatic nitrogens is 4. The number of fused-ring (bicyclic) bond motifs is 2. The third kappa shape index (κ3) is 5.40. The quantitative estimate of drug-likeness (QED) is 0.346. The van der Waals surface area contributed by atoms with Gasteiger partial charge in [0.15, 0.2) is 5.82 Å². The Bertz CT molecular complexity index is 1590. The van der Waals surface area contributed by atoms with Crippen LogP contribution in [0.3, 0.4) is 0 Å². The highest BCUT2D eigenvalue weighted by molar-refractivity contribution is 6.16. The van der Waals surface area contributed by atoms with E-state index in [1.807, 2.05) is 45.4 Å². The smallest absolute Gasteiger partial charge is 0.224 e. The van der Waals surface area contributed by atoms with Crippen LogP contribution in [0.5, 0.6) is 0 Å². The van der Waals surface area contributed by atoms with Gasteiger partial charge in [0, 0.05) is 55.6 Å². The Balaban J connectivity index is 1.31. The number of carbonyl (C=O) groups excluding carboxylic acids is 1. The Kier molecular flexibility index (Phi) is 6.71. The minimum atomic E-state index is -0.0890. The molecule has 0 unspecified atom stereocenters. The highest BCUT2D eigenvalue weighted by atomic mass is 16.1. The molecule has 1 amide bonds. The second-order valence-corrected chi connectivity index (χ2v) is 11.8. The third-order valence-electron chi connectivity index (χ3n) is 7.27. The van der Waals surface area contributed by atoms with Crippen molar-refractivity contribution in [2.24, 2.45) is 10.4 Å². The lowest BCUT2D eigenvalue weighted by molar-refractivity contribution is -0.117. The molecule has 0 bridgehead atoms. The Hall–Kier alpha value is -4.31. The molecule has 1 saturated heterocycles. The van der Waals surface area contributed by atoms with Gasteiger partial charge in [-0.1, -0.05) is 26.8 Å². The molecule has 10 nitrogen and oxygen atoms in total. The summed E-state index contributed by atoms with van der Waals surface area (Å²) in [5, 5.41) is 6.36. The Morgan fingerprint density at radius 1 is 1.00 bits per heavy atom. The summed E-state index contributed by atoms with van der Waals surface area (Å²) < 4.78 is 0. The number of likely N-dealkylation sites (N-methyl/N-ethyl adjacent to an activating group) is 1. The zero-order valence-corrected chi connectivity index (χ0v) is 23.5. The summed E-state index contributed by atoms with van der Waals surface area (Å²) in [4.78, 5) is 39.4. The molecule has 0 aliphatic carbocycles. The fraction of sp³-hybridized carbons (Fsp3) is 0.367. The number of carbonyl (C=O) groups is 1. The van der Waals surface area contributed by atoms with Crippen LogP contribution in [0.4, 0.5) is 17.1 Å². The topological polar surface area (TPSA) is 114 Å². The molecular formula is C30H35N9O. The number of amides is 1. The van der Waals surface area contributed by atoms with Crippen molar-refractivity contribution in [1.29, 1.82) is 0 Å². The van der Waals surface area contributed by atoms with Crippen molar-refractivity contribution in [3.63, 3.8) is 0 Å². The van der Waals surface area contributed by atoms with E-state index in [-0.39, 0.29) is 11.3 Å². The number of piperazine rings is 1. The maximum atomic E-state index is 12.5. The zero-order chi connectivity index (χ0) is 27.9. The van der Waals surface area contributed by atoms with Gasteiger partial charge < -0.3 is 25.4 Å². The van der Waals surface area contributed by atoms with E-state index >= 15 is 0 Å². The van der Waals surface area contributed by atoms with Gasteiger partial charge in [0.2, 0.25) is 5.91 Å². The average molecular weight is 538 g/mol. The molecule has 40 heavy (non-hydrogen) atoms. The molecule has 10 heteroatoms. The summed E-state index contributed by atoms with van der Waals surface area (Å²) in [6.07, 6.45) is 7.66. The minimum absolute atomic E-state index is 0.0224. The molecule has 1 aromatic carbocycles. The van der Waals surface area contributed by atoms with E-state index in [1.54, 1.807) is 6.20 Å². The zero-order valence-electron chi connectivity index (χ0n) is 23.5. The summed E-state index contributed by atoms with van der Waals surface area (Å²) in [5.41, 5.74) is 8.09. The lowest BCUT2D eigenvalue weighted by atomic mass is 9.92. The van der Waals surface area contributed by atoms with Crippen LogP contribution in [0.2, 0.25) is 0 Å². The van der Waals surface area contributed by atoms with Crippen LogP contribution in [0.1, 0.15) is 38.6 Å². The van der Waals surface area contributed by atoms with Gasteiger partial charge in [0.1, 0.15) is 17.9 Å². The largest absolute Gasteiger partial charge is 0.366 e. The van der Waals surface area contributed by atoms with Gasteiger partial charge in [-0.15, -0.1) is 0 Å². The monoisotopic (exact) mass is 537 g/mol. The van der Waals surface area contributed by atoms with Crippen LogP contribution in [0.25, 0.3) is 22.2 Å². The molecule has 0 radical (unpaired) electrons. The summed E-state index contributed by atoms with van der Waals surface area (Å²) in [7, 11) is 2.15. The molecule has 206 valence electrons. The van der Waals surface area contributed by atoms with Crippen LogP contribution >= 0.6 is 0 Å². The predicted molar refractivity (Wildman–Crippen MR) is 160 cm³/mol. The number of rotatable bonds is 5. The van der Waals surface area contributed by atoms with Gasteiger partial charge in [-0.2, -0.15) is 0 Å². The van der Waals surface area contributed by atoms with E-state index in [9.17, 15) is 4.79 Å². The summed E-state index contributed by atoms with van der Waals surface area (Å²) in [5.74, 6) is 0.699. The summed E-state index contributed by atoms with van der Waals surface area (Å²) in [6.45, 7) is 10.5. The first-order chi connectivity index (χ1) is 19.2. The molecule has 2 aliphatic heterocycles. The van der Waals surface area contributed by atoms with E-state index in [1.165, 1.54) is 0 Å². The van der Waals surface area contributed by atoms with Crippen molar-refractivity contribution < 1.29 is 4.79 Å². The van der Waals surface area contributed by atoms with E-state index in [0.29, 0.717) is 18.8 Å². The van der Waals surface area contributed by atoms with Crippen LogP contribution in [-0.4, -0.2) is 76.4 Å². The van der Waals surface area contributed by atoms with E-state index in [0.717, 1.165) is 76.8 Å².